The van der Waals surface area contributed by atoms with E-state index in [-0.39, 0.29) is 36.5 Å². The Kier molecular flexibility index (Phi) is 16.6. The van der Waals surface area contributed by atoms with Crippen molar-refractivity contribution in [1.82, 2.24) is 30.2 Å². The number of fused-ring (bicyclic) bond motifs is 1. The largest absolute Gasteiger partial charge is 0.481 e. The molecule has 54 heavy (non-hydrogen) atoms. The quantitative estimate of drug-likeness (QED) is 0.0405. The van der Waals surface area contributed by atoms with E-state index < -0.39 is 90.0 Å². The summed E-state index contributed by atoms with van der Waals surface area (Å²) in [6.07, 6.45) is -6.23. The minimum Gasteiger partial charge on any atom is -0.386 e. The molecule has 0 radical (unpaired) electrons. The zero-order chi connectivity index (χ0) is 40.6. The van der Waals surface area contributed by atoms with Crippen LogP contribution in [0.1, 0.15) is 46.8 Å². The molecular formula is C26H46N7O17P3S. The van der Waals surface area contributed by atoms with E-state index >= 15 is 0 Å². The minimum atomic E-state index is -5.56. The van der Waals surface area contributed by atoms with Crippen LogP contribution in [-0.4, -0.2) is 128 Å². The molecule has 0 bridgehead atoms. The molecule has 28 heteroatoms. The van der Waals surface area contributed by atoms with Crippen molar-refractivity contribution in [2.75, 3.05) is 37.8 Å². The number of aromatic nitrogens is 4. The highest BCUT2D eigenvalue weighted by Crippen LogP contribution is 2.61. The number of ether oxygens (including phenoxy) is 1. The number of amides is 2. The van der Waals surface area contributed by atoms with Gasteiger partial charge in [0.25, 0.3) is 0 Å². The van der Waals surface area contributed by atoms with Crippen LogP contribution in [0.2, 0.25) is 0 Å². The molecule has 3 heterocycles. The number of carbonyl (C=O) groups is 2. The third-order valence-electron chi connectivity index (χ3n) is 7.49. The van der Waals surface area contributed by atoms with Crippen molar-refractivity contribution in [2.24, 2.45) is 11.3 Å². The monoisotopic (exact) mass is 853 g/mol. The van der Waals surface area contributed by atoms with Crippen LogP contribution < -0.4 is 16.4 Å². The molecule has 3 unspecified atom stereocenters. The van der Waals surface area contributed by atoms with Gasteiger partial charge < -0.3 is 56.0 Å². The Morgan fingerprint density at radius 3 is 2.37 bits per heavy atom. The fraction of sp³-hybridized carbons (Fsp3) is 0.731. The van der Waals surface area contributed by atoms with Gasteiger partial charge in [-0.3, -0.25) is 27.7 Å². The summed E-state index contributed by atoms with van der Waals surface area (Å²) < 4.78 is 62.0. The number of aliphatic hydroxyl groups is 3. The number of thioether (sulfide) groups is 1. The summed E-state index contributed by atoms with van der Waals surface area (Å²) in [6.45, 7) is 4.59. The van der Waals surface area contributed by atoms with Gasteiger partial charge in [0.15, 0.2) is 17.7 Å². The van der Waals surface area contributed by atoms with Crippen molar-refractivity contribution in [3.8, 4) is 0 Å². The van der Waals surface area contributed by atoms with Crippen LogP contribution in [0, 0.1) is 11.3 Å². The van der Waals surface area contributed by atoms with Crippen molar-refractivity contribution >= 4 is 64.0 Å². The van der Waals surface area contributed by atoms with Gasteiger partial charge in [-0.2, -0.15) is 4.31 Å². The van der Waals surface area contributed by atoms with Crippen molar-refractivity contribution in [2.45, 2.75) is 76.6 Å². The van der Waals surface area contributed by atoms with Gasteiger partial charge in [-0.1, -0.05) is 27.7 Å². The molecule has 11 N–H and O–H groups in total. The average molecular weight is 854 g/mol. The number of phosphoric ester groups is 3. The Balaban J connectivity index is 1.51. The lowest BCUT2D eigenvalue weighted by Gasteiger charge is -2.30. The number of rotatable bonds is 22. The number of carbonyl (C=O) groups excluding carboxylic acids is 2. The van der Waals surface area contributed by atoms with Gasteiger partial charge in [0, 0.05) is 30.7 Å². The summed E-state index contributed by atoms with van der Waals surface area (Å²) in [4.78, 5) is 75.5. The summed E-state index contributed by atoms with van der Waals surface area (Å²) in [5.41, 5.74) is 3.73. The smallest absolute Gasteiger partial charge is 0.386 e. The highest BCUT2D eigenvalue weighted by atomic mass is 32.2. The highest BCUT2D eigenvalue weighted by molar-refractivity contribution is 7.99. The van der Waals surface area contributed by atoms with Crippen molar-refractivity contribution < 1.29 is 80.8 Å². The van der Waals surface area contributed by atoms with E-state index in [0.29, 0.717) is 18.1 Å². The van der Waals surface area contributed by atoms with Gasteiger partial charge in [0.2, 0.25) is 11.8 Å². The maximum Gasteiger partial charge on any atom is 0.481 e. The zero-order valence-corrected chi connectivity index (χ0v) is 33.0. The molecule has 0 aromatic carbocycles. The number of anilines is 1. The number of hydrogen-bond donors (Lipinski definition) is 10. The summed E-state index contributed by atoms with van der Waals surface area (Å²) in [5.74, 6) is -0.602. The first-order valence-electron chi connectivity index (χ1n) is 16.1. The molecule has 0 aliphatic carbocycles. The fourth-order valence-electron chi connectivity index (χ4n) is 4.80. The van der Waals surface area contributed by atoms with Crippen LogP contribution in [0.25, 0.3) is 11.2 Å². The van der Waals surface area contributed by atoms with E-state index in [4.69, 9.17) is 19.5 Å². The molecule has 0 spiro atoms. The summed E-state index contributed by atoms with van der Waals surface area (Å²) in [6, 6.07) is 0. The molecule has 3 rings (SSSR count). The SMILES string of the molecule is CC(C)CC(O)SCCNC(=O)CCNC(=O)[C@H](O)C(C)(C)COP(=O)(O)OP(=O)(O)OC[C@H]1O[C@@H](n2cnc3c(N)ncnc32)[C@H](O)[C@@H]1OP(=O)(O)O. The molecular weight excluding hydrogens is 807 g/mol. The lowest BCUT2D eigenvalue weighted by molar-refractivity contribution is -0.137. The third kappa shape index (κ3) is 14.1. The van der Waals surface area contributed by atoms with Gasteiger partial charge in [-0.25, -0.2) is 28.6 Å². The van der Waals surface area contributed by atoms with E-state index in [1.807, 2.05) is 13.8 Å². The van der Waals surface area contributed by atoms with Crippen LogP contribution in [0.15, 0.2) is 12.7 Å². The topological polar surface area (TPSA) is 367 Å². The number of hydrogen-bond acceptors (Lipinski definition) is 18. The Labute approximate surface area is 313 Å². The molecule has 1 fully saturated rings. The number of nitrogens with two attached hydrogens (primary N) is 1. The predicted molar refractivity (Wildman–Crippen MR) is 188 cm³/mol. The first-order chi connectivity index (χ1) is 24.9. The van der Waals surface area contributed by atoms with Crippen molar-refractivity contribution in [3.05, 3.63) is 12.7 Å². The molecule has 1 aliphatic rings. The van der Waals surface area contributed by atoms with Gasteiger partial charge in [-0.15, -0.1) is 11.8 Å². The summed E-state index contributed by atoms with van der Waals surface area (Å²) in [5, 5.41) is 36.3. The normalized spacial score (nSPS) is 22.8. The van der Waals surface area contributed by atoms with E-state index in [1.54, 1.807) is 0 Å². The van der Waals surface area contributed by atoms with Crippen LogP contribution in [0.4, 0.5) is 5.82 Å². The van der Waals surface area contributed by atoms with Crippen LogP contribution >= 0.6 is 35.2 Å². The van der Waals surface area contributed by atoms with Gasteiger partial charge in [0.05, 0.1) is 25.0 Å². The summed E-state index contributed by atoms with van der Waals surface area (Å²) >= 11 is 1.29. The second-order valence-electron chi connectivity index (χ2n) is 13.0. The number of imidazole rings is 1. The third-order valence-corrected chi connectivity index (χ3v) is 11.6. The fourth-order valence-corrected chi connectivity index (χ4v) is 8.64. The Morgan fingerprint density at radius 1 is 1.06 bits per heavy atom. The van der Waals surface area contributed by atoms with Gasteiger partial charge >= 0.3 is 23.5 Å². The second-order valence-corrected chi connectivity index (χ2v) is 18.5. The first kappa shape index (κ1) is 46.2. The molecule has 2 aromatic heterocycles. The zero-order valence-electron chi connectivity index (χ0n) is 29.5. The lowest BCUT2D eigenvalue weighted by Crippen LogP contribution is -2.46. The van der Waals surface area contributed by atoms with Crippen molar-refractivity contribution in [3.63, 3.8) is 0 Å². The van der Waals surface area contributed by atoms with Crippen LogP contribution in [0.5, 0.6) is 0 Å². The highest BCUT2D eigenvalue weighted by Gasteiger charge is 2.50. The second kappa shape index (κ2) is 19.3. The summed E-state index contributed by atoms with van der Waals surface area (Å²) in [7, 11) is -16.4. The first-order valence-corrected chi connectivity index (χ1v) is 21.7. The average Bonchev–Trinajstić information content (AvgIpc) is 3.60. The van der Waals surface area contributed by atoms with Crippen molar-refractivity contribution in [1.29, 1.82) is 0 Å². The maximum atomic E-state index is 12.7. The molecule has 0 saturated carbocycles. The van der Waals surface area contributed by atoms with Gasteiger partial charge in [0.1, 0.15) is 36.3 Å². The molecule has 1 aliphatic heterocycles. The molecule has 8 atom stereocenters. The van der Waals surface area contributed by atoms with Crippen LogP contribution in [-0.2, 0) is 45.9 Å². The standard InChI is InChI=1S/C26H46N7O17P3S/c1-14(2)9-17(35)54-8-7-28-16(34)5-6-29-24(38)21(37)26(3,4)11-47-53(44,45)50-52(42,43)46-10-15-20(49-51(39,40)41)19(36)25(48-15)33-13-32-18-22(27)30-12-31-23(18)33/h12-15,17,19-21,25,35-37H,5-11H2,1-4H3,(H,28,34)(H,29,38)(H,42,43)(H,44,45)(H2,27,30,31)(H2,39,40,41)/t15-,17?,19-,20-,21+,25-/m1/s1. The predicted octanol–water partition coefficient (Wildman–Crippen LogP) is -0.497. The lowest BCUT2D eigenvalue weighted by atomic mass is 9.87. The number of nitrogens with zero attached hydrogens (tertiary/aromatic N) is 4. The van der Waals surface area contributed by atoms with Gasteiger partial charge in [-0.05, 0) is 12.3 Å². The molecule has 308 valence electrons. The minimum absolute atomic E-state index is 0.0335. The molecule has 1 saturated heterocycles. The Hall–Kier alpha value is -2.15. The van der Waals surface area contributed by atoms with E-state index in [2.05, 4.69) is 34.4 Å². The number of nitrogen functional groups attached to an aromatic ring is 1. The molecule has 24 nitrogen and oxygen atoms in total. The van der Waals surface area contributed by atoms with E-state index in [1.165, 1.54) is 25.6 Å². The number of phosphoric acid groups is 3. The van der Waals surface area contributed by atoms with Crippen LogP contribution in [0.3, 0.4) is 0 Å². The molecule has 2 aromatic rings. The maximum absolute atomic E-state index is 12.7. The Morgan fingerprint density at radius 2 is 1.72 bits per heavy atom. The number of aliphatic hydroxyl groups excluding tert-OH is 3. The molecule has 2 amide bonds. The van der Waals surface area contributed by atoms with E-state index in [9.17, 15) is 58.2 Å². The Bertz CT molecular complexity index is 1730. The number of nitrogens with one attached hydrogen (secondary N) is 2. The van der Waals surface area contributed by atoms with E-state index in [0.717, 1.165) is 17.2 Å².